The first-order valence-corrected chi connectivity index (χ1v) is 10.7. The fraction of sp³-hybridized carbons (Fsp3) is 0.458. The van der Waals surface area contributed by atoms with Crippen LogP contribution in [-0.4, -0.2) is 53.2 Å². The van der Waals surface area contributed by atoms with Gasteiger partial charge >= 0.3 is 6.09 Å². The lowest BCUT2D eigenvalue weighted by Gasteiger charge is -2.26. The van der Waals surface area contributed by atoms with E-state index >= 15 is 0 Å². The summed E-state index contributed by atoms with van der Waals surface area (Å²) in [5.74, 6) is 0.523. The fourth-order valence-electron chi connectivity index (χ4n) is 3.37. The molecule has 166 valence electrons. The first-order valence-electron chi connectivity index (χ1n) is 10.7. The molecule has 2 aromatic rings. The number of nitrogens with zero attached hydrogens (tertiary/aromatic N) is 2. The molecule has 7 nitrogen and oxygen atoms in total. The molecule has 1 atom stereocenters. The third kappa shape index (κ3) is 6.79. The van der Waals surface area contributed by atoms with E-state index in [-0.39, 0.29) is 18.3 Å². The summed E-state index contributed by atoms with van der Waals surface area (Å²) in [6.45, 7) is 7.15. The topological polar surface area (TPSA) is 80.8 Å². The number of amides is 2. The van der Waals surface area contributed by atoms with Gasteiger partial charge < -0.3 is 14.8 Å². The molecule has 0 bridgehead atoms. The highest BCUT2D eigenvalue weighted by Gasteiger charge is 2.28. The van der Waals surface area contributed by atoms with Gasteiger partial charge in [-0.05, 0) is 63.9 Å². The van der Waals surface area contributed by atoms with Gasteiger partial charge in [0.25, 0.3) is 5.91 Å². The number of hydrogen-bond donors (Lipinski definition) is 1. The molecule has 1 aromatic heterocycles. The predicted octanol–water partition coefficient (Wildman–Crippen LogP) is 3.83. The molecule has 3 rings (SSSR count). The van der Waals surface area contributed by atoms with Crippen molar-refractivity contribution in [3.8, 4) is 5.75 Å². The standard InChI is InChI=1S/C24H31N3O4/c1-24(2,3)31-23(29)27(22(28)20-11-6-7-14-26-20)15-9-8-13-25-17-19-16-18-10-4-5-12-21(18)30-19/h4-7,10-12,14,19,25H,8-9,13,15-17H2,1-3H3. The number of rotatable bonds is 8. The van der Waals surface area contributed by atoms with Crippen LogP contribution in [0.25, 0.3) is 0 Å². The largest absolute Gasteiger partial charge is 0.488 e. The van der Waals surface area contributed by atoms with Crippen LogP contribution in [0.4, 0.5) is 4.79 Å². The number of ether oxygens (including phenoxy) is 2. The maximum absolute atomic E-state index is 12.8. The molecule has 0 saturated heterocycles. The quantitative estimate of drug-likeness (QED) is 0.648. The average Bonchev–Trinajstić information content (AvgIpc) is 3.15. The molecule has 1 aliphatic heterocycles. The van der Waals surface area contributed by atoms with Crippen molar-refractivity contribution in [2.24, 2.45) is 0 Å². The van der Waals surface area contributed by atoms with Gasteiger partial charge in [-0.1, -0.05) is 24.3 Å². The van der Waals surface area contributed by atoms with Gasteiger partial charge in [-0.15, -0.1) is 0 Å². The van der Waals surface area contributed by atoms with E-state index in [9.17, 15) is 9.59 Å². The van der Waals surface area contributed by atoms with Crippen LogP contribution in [0, 0.1) is 0 Å². The van der Waals surface area contributed by atoms with Gasteiger partial charge in [0.05, 0.1) is 0 Å². The van der Waals surface area contributed by atoms with E-state index in [1.165, 1.54) is 11.8 Å². The zero-order valence-electron chi connectivity index (χ0n) is 18.5. The number of fused-ring (bicyclic) bond motifs is 1. The summed E-state index contributed by atoms with van der Waals surface area (Å²) < 4.78 is 11.4. The Hall–Kier alpha value is -2.93. The smallest absolute Gasteiger partial charge is 0.417 e. The Kier molecular flexibility index (Phi) is 7.63. The van der Waals surface area contributed by atoms with Crippen LogP contribution < -0.4 is 10.1 Å². The van der Waals surface area contributed by atoms with E-state index in [0.717, 1.165) is 36.6 Å². The second-order valence-electron chi connectivity index (χ2n) is 8.62. The van der Waals surface area contributed by atoms with Gasteiger partial charge in [-0.3, -0.25) is 9.78 Å². The van der Waals surface area contributed by atoms with Crippen LogP contribution in [0.15, 0.2) is 48.7 Å². The Bertz CT molecular complexity index is 855. The molecule has 0 radical (unpaired) electrons. The number of unbranched alkanes of at least 4 members (excludes halogenated alkanes) is 1. The molecule has 1 N–H and O–H groups in total. The predicted molar refractivity (Wildman–Crippen MR) is 118 cm³/mol. The lowest BCUT2D eigenvalue weighted by Crippen LogP contribution is -2.42. The number of nitrogens with one attached hydrogen (secondary N) is 1. The molecule has 7 heteroatoms. The van der Waals surface area contributed by atoms with Crippen molar-refractivity contribution in [2.75, 3.05) is 19.6 Å². The number of carbonyl (C=O) groups excluding carboxylic acids is 2. The Morgan fingerprint density at radius 1 is 1.16 bits per heavy atom. The number of benzene rings is 1. The van der Waals surface area contributed by atoms with Gasteiger partial charge in [0.15, 0.2) is 0 Å². The van der Waals surface area contributed by atoms with E-state index in [0.29, 0.717) is 6.42 Å². The Morgan fingerprint density at radius 2 is 1.94 bits per heavy atom. The zero-order chi connectivity index (χ0) is 22.3. The first kappa shape index (κ1) is 22.7. The lowest BCUT2D eigenvalue weighted by atomic mass is 10.1. The third-order valence-corrected chi connectivity index (χ3v) is 4.81. The van der Waals surface area contributed by atoms with Crippen LogP contribution in [0.1, 0.15) is 49.7 Å². The minimum atomic E-state index is -0.680. The van der Waals surface area contributed by atoms with Crippen LogP contribution >= 0.6 is 0 Å². The summed E-state index contributed by atoms with van der Waals surface area (Å²) in [6, 6.07) is 13.2. The van der Waals surface area contributed by atoms with Crippen molar-refractivity contribution in [1.82, 2.24) is 15.2 Å². The highest BCUT2D eigenvalue weighted by Crippen LogP contribution is 2.27. The molecule has 1 aromatic carbocycles. The van der Waals surface area contributed by atoms with Crippen molar-refractivity contribution in [2.45, 2.75) is 51.7 Å². The van der Waals surface area contributed by atoms with E-state index in [2.05, 4.69) is 16.4 Å². The molecule has 2 amide bonds. The number of hydrogen-bond acceptors (Lipinski definition) is 6. The maximum atomic E-state index is 12.8. The molecular weight excluding hydrogens is 394 g/mol. The molecule has 31 heavy (non-hydrogen) atoms. The van der Waals surface area contributed by atoms with Crippen LogP contribution in [0.5, 0.6) is 5.75 Å². The number of aromatic nitrogens is 1. The van der Waals surface area contributed by atoms with Gasteiger partial charge in [0, 0.05) is 25.7 Å². The minimum Gasteiger partial charge on any atom is -0.488 e. The monoisotopic (exact) mass is 425 g/mol. The van der Waals surface area contributed by atoms with E-state index in [1.54, 1.807) is 39.0 Å². The summed E-state index contributed by atoms with van der Waals surface area (Å²) in [5.41, 5.74) is 0.792. The maximum Gasteiger partial charge on any atom is 0.417 e. The number of carbonyl (C=O) groups is 2. The molecule has 0 saturated carbocycles. The Morgan fingerprint density at radius 3 is 2.65 bits per heavy atom. The second kappa shape index (κ2) is 10.4. The van der Waals surface area contributed by atoms with Crippen molar-refractivity contribution in [3.05, 3.63) is 59.9 Å². The highest BCUT2D eigenvalue weighted by atomic mass is 16.6. The average molecular weight is 426 g/mol. The SMILES string of the molecule is CC(C)(C)OC(=O)N(CCCCNCC1Cc2ccccc2O1)C(=O)c1ccccn1. The summed E-state index contributed by atoms with van der Waals surface area (Å²) in [4.78, 5) is 30.6. The third-order valence-electron chi connectivity index (χ3n) is 4.81. The molecule has 0 fully saturated rings. The molecule has 1 aliphatic rings. The van der Waals surface area contributed by atoms with Gasteiger partial charge in [0.1, 0.15) is 23.1 Å². The van der Waals surface area contributed by atoms with Crippen LogP contribution in [0.3, 0.4) is 0 Å². The first-order chi connectivity index (χ1) is 14.8. The van der Waals surface area contributed by atoms with Crippen molar-refractivity contribution in [1.29, 1.82) is 0 Å². The zero-order valence-corrected chi connectivity index (χ0v) is 18.5. The highest BCUT2D eigenvalue weighted by molar-refractivity contribution is 6.01. The molecule has 0 spiro atoms. The van der Waals surface area contributed by atoms with Gasteiger partial charge in [-0.2, -0.15) is 0 Å². The van der Waals surface area contributed by atoms with Crippen molar-refractivity contribution >= 4 is 12.0 Å². The summed E-state index contributed by atoms with van der Waals surface area (Å²) >= 11 is 0. The molecule has 0 aliphatic carbocycles. The Balaban J connectivity index is 1.44. The Labute approximate surface area is 183 Å². The molecule has 2 heterocycles. The van der Waals surface area contributed by atoms with E-state index in [4.69, 9.17) is 9.47 Å². The number of imide groups is 1. The van der Waals surface area contributed by atoms with E-state index in [1.807, 2.05) is 18.2 Å². The number of pyridine rings is 1. The van der Waals surface area contributed by atoms with Crippen LogP contribution in [0.2, 0.25) is 0 Å². The minimum absolute atomic E-state index is 0.140. The molecular formula is C24H31N3O4. The summed E-state index contributed by atoms with van der Waals surface area (Å²) in [6.07, 6.45) is 3.42. The normalized spacial score (nSPS) is 15.1. The lowest BCUT2D eigenvalue weighted by molar-refractivity contribution is 0.0237. The number of para-hydroxylation sites is 1. The summed E-state index contributed by atoms with van der Waals surface area (Å²) in [7, 11) is 0. The van der Waals surface area contributed by atoms with Crippen molar-refractivity contribution < 1.29 is 19.1 Å². The molecule has 1 unspecified atom stereocenters. The van der Waals surface area contributed by atoms with Crippen LogP contribution in [-0.2, 0) is 11.2 Å². The van der Waals surface area contributed by atoms with E-state index < -0.39 is 17.6 Å². The summed E-state index contributed by atoms with van der Waals surface area (Å²) in [5, 5.41) is 3.41. The second-order valence-corrected chi connectivity index (χ2v) is 8.62. The fourth-order valence-corrected chi connectivity index (χ4v) is 3.37. The van der Waals surface area contributed by atoms with Gasteiger partial charge in [-0.25, -0.2) is 9.69 Å². The van der Waals surface area contributed by atoms with Crippen molar-refractivity contribution in [3.63, 3.8) is 0 Å². The van der Waals surface area contributed by atoms with Gasteiger partial charge in [0.2, 0.25) is 0 Å².